The van der Waals surface area contributed by atoms with Crippen molar-refractivity contribution in [2.24, 2.45) is 5.92 Å². The lowest BCUT2D eigenvalue weighted by Gasteiger charge is -2.23. The minimum atomic E-state index is -0.343. The topological polar surface area (TPSA) is 55.8 Å². The highest BCUT2D eigenvalue weighted by molar-refractivity contribution is 5.74. The molecule has 0 radical (unpaired) electrons. The van der Waals surface area contributed by atoms with Crippen LogP contribution in [0, 0.1) is 11.7 Å². The van der Waals surface area contributed by atoms with Crippen LogP contribution in [-0.2, 0) is 6.54 Å². The molecule has 1 unspecified atom stereocenters. The van der Waals surface area contributed by atoms with Crippen LogP contribution in [0.15, 0.2) is 36.9 Å². The van der Waals surface area contributed by atoms with Crippen LogP contribution in [0.25, 0.3) is 0 Å². The fourth-order valence-corrected chi connectivity index (χ4v) is 2.98. The SMILES string of the molecule is C=CCN1CCC(CNC(=O)N(CCO)Cc2ccccc2F)C1. The van der Waals surface area contributed by atoms with Gasteiger partial charge in [0.1, 0.15) is 5.82 Å². The molecule has 2 rings (SSSR count). The molecule has 0 aromatic heterocycles. The fraction of sp³-hybridized carbons (Fsp3) is 0.500. The molecule has 2 N–H and O–H groups in total. The number of aliphatic hydroxyl groups excluding tert-OH is 1. The van der Waals surface area contributed by atoms with Crippen molar-refractivity contribution < 1.29 is 14.3 Å². The molecule has 0 saturated carbocycles. The number of benzene rings is 1. The average molecular weight is 335 g/mol. The highest BCUT2D eigenvalue weighted by Crippen LogP contribution is 2.15. The second kappa shape index (κ2) is 9.39. The summed E-state index contributed by atoms with van der Waals surface area (Å²) < 4.78 is 13.8. The summed E-state index contributed by atoms with van der Waals surface area (Å²) in [6, 6.07) is 6.10. The number of halogens is 1. The van der Waals surface area contributed by atoms with Crippen LogP contribution in [-0.4, -0.2) is 60.3 Å². The minimum Gasteiger partial charge on any atom is -0.395 e. The normalized spacial score (nSPS) is 17.7. The first-order valence-electron chi connectivity index (χ1n) is 8.34. The van der Waals surface area contributed by atoms with E-state index in [-0.39, 0.29) is 31.5 Å². The van der Waals surface area contributed by atoms with Gasteiger partial charge in [0, 0.05) is 31.7 Å². The van der Waals surface area contributed by atoms with Crippen molar-refractivity contribution in [1.29, 1.82) is 0 Å². The van der Waals surface area contributed by atoms with Crippen LogP contribution in [0.3, 0.4) is 0 Å². The number of carbonyl (C=O) groups is 1. The summed E-state index contributed by atoms with van der Waals surface area (Å²) in [6.45, 7) is 7.32. The van der Waals surface area contributed by atoms with E-state index in [4.69, 9.17) is 0 Å². The first kappa shape index (κ1) is 18.4. The summed E-state index contributed by atoms with van der Waals surface area (Å²) in [7, 11) is 0. The first-order valence-corrected chi connectivity index (χ1v) is 8.34. The van der Waals surface area contributed by atoms with Crippen molar-refractivity contribution >= 4 is 6.03 Å². The molecule has 1 saturated heterocycles. The lowest BCUT2D eigenvalue weighted by atomic mass is 10.1. The second-order valence-corrected chi connectivity index (χ2v) is 6.13. The number of likely N-dealkylation sites (tertiary alicyclic amines) is 1. The molecule has 5 nitrogen and oxygen atoms in total. The van der Waals surface area contributed by atoms with Crippen molar-refractivity contribution in [2.45, 2.75) is 13.0 Å². The quantitative estimate of drug-likeness (QED) is 0.713. The Kier molecular flexibility index (Phi) is 7.21. The molecule has 0 spiro atoms. The van der Waals surface area contributed by atoms with Crippen molar-refractivity contribution in [3.63, 3.8) is 0 Å². The Morgan fingerprint density at radius 1 is 1.50 bits per heavy atom. The molecular formula is C18H26FN3O2. The molecule has 132 valence electrons. The molecular weight excluding hydrogens is 309 g/mol. The molecule has 1 atom stereocenters. The van der Waals surface area contributed by atoms with Crippen LogP contribution in [0.1, 0.15) is 12.0 Å². The number of hydrogen-bond acceptors (Lipinski definition) is 3. The van der Waals surface area contributed by atoms with E-state index in [0.717, 1.165) is 26.1 Å². The number of nitrogens with one attached hydrogen (secondary N) is 1. The summed E-state index contributed by atoms with van der Waals surface area (Å²) in [4.78, 5) is 16.1. The first-order chi connectivity index (χ1) is 11.6. The van der Waals surface area contributed by atoms with E-state index in [2.05, 4.69) is 16.8 Å². The molecule has 6 heteroatoms. The van der Waals surface area contributed by atoms with Crippen molar-refractivity contribution in [3.8, 4) is 0 Å². The van der Waals surface area contributed by atoms with Gasteiger partial charge in [0.2, 0.25) is 0 Å². The Morgan fingerprint density at radius 3 is 3.00 bits per heavy atom. The highest BCUT2D eigenvalue weighted by atomic mass is 19.1. The molecule has 24 heavy (non-hydrogen) atoms. The molecule has 1 aliphatic heterocycles. The molecule has 1 fully saturated rings. The van der Waals surface area contributed by atoms with Crippen LogP contribution in [0.2, 0.25) is 0 Å². The standard InChI is InChI=1S/C18H26FN3O2/c1-2-8-21-9-7-15(13-21)12-20-18(24)22(10-11-23)14-16-5-3-4-6-17(16)19/h2-6,15,23H,1,7-14H2,(H,20,24). The van der Waals surface area contributed by atoms with Gasteiger partial charge in [-0.1, -0.05) is 24.3 Å². The summed E-state index contributed by atoms with van der Waals surface area (Å²) in [6.07, 6.45) is 2.93. The number of hydrogen-bond donors (Lipinski definition) is 2. The minimum absolute atomic E-state index is 0.145. The van der Waals surface area contributed by atoms with Gasteiger partial charge >= 0.3 is 6.03 Å². The monoisotopic (exact) mass is 335 g/mol. The summed E-state index contributed by atoms with van der Waals surface area (Å²) in [5.74, 6) is 0.0717. The number of carbonyl (C=O) groups excluding carboxylic acids is 1. The van der Waals surface area contributed by atoms with Crippen LogP contribution < -0.4 is 5.32 Å². The Morgan fingerprint density at radius 2 is 2.29 bits per heavy atom. The number of urea groups is 1. The highest BCUT2D eigenvalue weighted by Gasteiger charge is 2.23. The van der Waals surface area contributed by atoms with E-state index >= 15 is 0 Å². The van der Waals surface area contributed by atoms with Crippen LogP contribution in [0.5, 0.6) is 0 Å². The predicted molar refractivity (Wildman–Crippen MR) is 92.0 cm³/mol. The van der Waals surface area contributed by atoms with E-state index in [0.29, 0.717) is 18.0 Å². The van der Waals surface area contributed by atoms with Gasteiger partial charge < -0.3 is 15.3 Å². The Balaban J connectivity index is 1.85. The third kappa shape index (κ3) is 5.32. The summed E-state index contributed by atoms with van der Waals surface area (Å²) in [5, 5.41) is 12.1. The predicted octanol–water partition coefficient (Wildman–Crippen LogP) is 1.84. The smallest absolute Gasteiger partial charge is 0.317 e. The van der Waals surface area contributed by atoms with Gasteiger partial charge in [-0.3, -0.25) is 4.90 Å². The molecule has 1 aromatic rings. The fourth-order valence-electron chi connectivity index (χ4n) is 2.98. The maximum atomic E-state index is 13.8. The summed E-state index contributed by atoms with van der Waals surface area (Å²) in [5.41, 5.74) is 0.444. The van der Waals surface area contributed by atoms with Crippen molar-refractivity contribution in [2.75, 3.05) is 39.3 Å². The van der Waals surface area contributed by atoms with E-state index in [1.165, 1.54) is 11.0 Å². The molecule has 2 amide bonds. The van der Waals surface area contributed by atoms with Gasteiger partial charge in [0.15, 0.2) is 0 Å². The molecule has 1 aliphatic rings. The summed E-state index contributed by atoms with van der Waals surface area (Å²) >= 11 is 0. The largest absolute Gasteiger partial charge is 0.395 e. The Bertz CT molecular complexity index is 553. The van der Waals surface area contributed by atoms with Gasteiger partial charge in [-0.2, -0.15) is 0 Å². The lowest BCUT2D eigenvalue weighted by molar-refractivity contribution is 0.172. The van der Waals surface area contributed by atoms with Crippen LogP contribution in [0.4, 0.5) is 9.18 Å². The zero-order valence-electron chi connectivity index (χ0n) is 14.0. The second-order valence-electron chi connectivity index (χ2n) is 6.13. The van der Waals surface area contributed by atoms with Gasteiger partial charge in [0.05, 0.1) is 13.2 Å². The van der Waals surface area contributed by atoms with Gasteiger partial charge in [-0.25, -0.2) is 9.18 Å². The van der Waals surface area contributed by atoms with E-state index < -0.39 is 0 Å². The van der Waals surface area contributed by atoms with Gasteiger partial charge in [-0.05, 0) is 24.9 Å². The third-order valence-electron chi connectivity index (χ3n) is 4.28. The average Bonchev–Trinajstić information content (AvgIpc) is 3.02. The van der Waals surface area contributed by atoms with Crippen LogP contribution >= 0.6 is 0 Å². The molecule has 0 bridgehead atoms. The number of aliphatic hydroxyl groups is 1. The Hall–Kier alpha value is -1.92. The number of amides is 2. The zero-order chi connectivity index (χ0) is 17.4. The van der Waals surface area contributed by atoms with E-state index in [1.54, 1.807) is 18.2 Å². The molecule has 0 aliphatic carbocycles. The molecule has 1 heterocycles. The van der Waals surface area contributed by atoms with Crippen molar-refractivity contribution in [1.82, 2.24) is 15.1 Å². The third-order valence-corrected chi connectivity index (χ3v) is 4.28. The maximum absolute atomic E-state index is 13.8. The lowest BCUT2D eigenvalue weighted by Crippen LogP contribution is -2.43. The van der Waals surface area contributed by atoms with Crippen molar-refractivity contribution in [3.05, 3.63) is 48.3 Å². The Labute approximate surface area is 142 Å². The number of rotatable bonds is 8. The zero-order valence-corrected chi connectivity index (χ0v) is 14.0. The van der Waals surface area contributed by atoms with E-state index in [9.17, 15) is 14.3 Å². The van der Waals surface area contributed by atoms with Gasteiger partial charge in [0.25, 0.3) is 0 Å². The maximum Gasteiger partial charge on any atom is 0.317 e. The molecule has 1 aromatic carbocycles. The van der Waals surface area contributed by atoms with E-state index in [1.807, 2.05) is 6.08 Å². The number of nitrogens with zero attached hydrogens (tertiary/aromatic N) is 2. The van der Waals surface area contributed by atoms with Gasteiger partial charge in [-0.15, -0.1) is 6.58 Å².